The Balaban J connectivity index is 2.96. The summed E-state index contributed by atoms with van der Waals surface area (Å²) in [5, 5.41) is 4.58. The van der Waals surface area contributed by atoms with Crippen LogP contribution in [0.2, 0.25) is 10.0 Å². The highest BCUT2D eigenvalue weighted by Crippen LogP contribution is 2.33. The summed E-state index contributed by atoms with van der Waals surface area (Å²) < 4.78 is 1.07. The lowest BCUT2D eigenvalue weighted by molar-refractivity contribution is 1.84. The van der Waals surface area contributed by atoms with E-state index in [0.29, 0.717) is 0 Å². The van der Waals surface area contributed by atoms with E-state index in [2.05, 4.69) is 0 Å². The zero-order valence-electron chi connectivity index (χ0n) is 5.47. The second-order valence-corrected chi connectivity index (χ2v) is 3.92. The van der Waals surface area contributed by atoms with Crippen molar-refractivity contribution in [3.8, 4) is 0 Å². The fraction of sp³-hybridized carbons (Fsp3) is 0. The molecule has 0 nitrogen and oxygen atoms in total. The van der Waals surface area contributed by atoms with Crippen LogP contribution in [-0.2, 0) is 0 Å². The Bertz CT molecular complexity index is 356. The van der Waals surface area contributed by atoms with Crippen LogP contribution in [0.5, 0.6) is 0 Å². The third-order valence-electron chi connectivity index (χ3n) is 1.52. The molecule has 3 heteroatoms. The Hall–Kier alpha value is -0.240. The van der Waals surface area contributed by atoms with E-state index in [0.717, 1.165) is 20.1 Å². The molecule has 2 aromatic rings. The Morgan fingerprint density at radius 3 is 2.45 bits per heavy atom. The minimum atomic E-state index is 0.769. The molecule has 1 aromatic carbocycles. The van der Waals surface area contributed by atoms with Gasteiger partial charge in [0.1, 0.15) is 0 Å². The number of halogens is 2. The summed E-state index contributed by atoms with van der Waals surface area (Å²) in [7, 11) is 0. The zero-order valence-corrected chi connectivity index (χ0v) is 7.80. The second kappa shape index (κ2) is 2.67. The quantitative estimate of drug-likeness (QED) is 0.601. The maximum absolute atomic E-state index is 5.92. The van der Waals surface area contributed by atoms with Crippen molar-refractivity contribution in [3.05, 3.63) is 33.6 Å². The van der Waals surface area contributed by atoms with Gasteiger partial charge in [0.05, 0.1) is 9.72 Å². The molecule has 1 heterocycles. The average Bonchev–Trinajstić information content (AvgIpc) is 2.45. The highest BCUT2D eigenvalue weighted by molar-refractivity contribution is 7.18. The van der Waals surface area contributed by atoms with Gasteiger partial charge in [-0.15, -0.1) is 11.3 Å². The molecular weight excluding hydrogens is 199 g/mol. The van der Waals surface area contributed by atoms with Gasteiger partial charge < -0.3 is 0 Å². The SMILES string of the molecule is Clc1ccc(Cl)c2sccc12. The molecule has 0 radical (unpaired) electrons. The first-order valence-electron chi connectivity index (χ1n) is 3.10. The van der Waals surface area contributed by atoms with E-state index < -0.39 is 0 Å². The van der Waals surface area contributed by atoms with Crippen molar-refractivity contribution in [1.82, 2.24) is 0 Å². The van der Waals surface area contributed by atoms with Crippen molar-refractivity contribution in [2.45, 2.75) is 0 Å². The van der Waals surface area contributed by atoms with Gasteiger partial charge in [-0.05, 0) is 23.6 Å². The van der Waals surface area contributed by atoms with Gasteiger partial charge in [0, 0.05) is 10.4 Å². The Morgan fingerprint density at radius 1 is 1.00 bits per heavy atom. The molecule has 11 heavy (non-hydrogen) atoms. The van der Waals surface area contributed by atoms with Gasteiger partial charge in [-0.25, -0.2) is 0 Å². The van der Waals surface area contributed by atoms with Gasteiger partial charge in [-0.1, -0.05) is 23.2 Å². The number of hydrogen-bond acceptors (Lipinski definition) is 1. The molecule has 0 saturated carbocycles. The molecule has 0 spiro atoms. The van der Waals surface area contributed by atoms with Crippen LogP contribution in [0.4, 0.5) is 0 Å². The standard InChI is InChI=1S/C8H4Cl2S/c9-6-1-2-7(10)8-5(6)3-4-11-8/h1-4H. The van der Waals surface area contributed by atoms with Crippen LogP contribution in [0.25, 0.3) is 10.1 Å². The highest BCUT2D eigenvalue weighted by Gasteiger charge is 2.02. The Morgan fingerprint density at radius 2 is 1.73 bits per heavy atom. The Labute approximate surface area is 78.4 Å². The summed E-state index contributed by atoms with van der Waals surface area (Å²) in [6.45, 7) is 0. The van der Waals surface area contributed by atoms with Crippen LogP contribution in [-0.4, -0.2) is 0 Å². The monoisotopic (exact) mass is 202 g/mol. The summed E-state index contributed by atoms with van der Waals surface area (Å²) in [5.41, 5.74) is 0. The van der Waals surface area contributed by atoms with Crippen molar-refractivity contribution in [2.24, 2.45) is 0 Å². The minimum absolute atomic E-state index is 0.769. The highest BCUT2D eigenvalue weighted by atomic mass is 35.5. The van der Waals surface area contributed by atoms with E-state index in [-0.39, 0.29) is 0 Å². The van der Waals surface area contributed by atoms with E-state index in [4.69, 9.17) is 23.2 Å². The van der Waals surface area contributed by atoms with E-state index in [1.807, 2.05) is 23.6 Å². The maximum Gasteiger partial charge on any atom is 0.0585 e. The van der Waals surface area contributed by atoms with E-state index in [1.54, 1.807) is 11.3 Å². The third-order valence-corrected chi connectivity index (χ3v) is 3.22. The van der Waals surface area contributed by atoms with Crippen molar-refractivity contribution in [2.75, 3.05) is 0 Å². The molecule has 2 rings (SSSR count). The summed E-state index contributed by atoms with van der Waals surface area (Å²) in [6, 6.07) is 5.62. The van der Waals surface area contributed by atoms with E-state index >= 15 is 0 Å². The van der Waals surface area contributed by atoms with Gasteiger partial charge in [-0.3, -0.25) is 0 Å². The van der Waals surface area contributed by atoms with Crippen LogP contribution in [0.3, 0.4) is 0 Å². The molecule has 0 unspecified atom stereocenters. The van der Waals surface area contributed by atoms with Crippen LogP contribution >= 0.6 is 34.5 Å². The fourth-order valence-electron chi connectivity index (χ4n) is 0.994. The molecule has 0 bridgehead atoms. The number of fused-ring (bicyclic) bond motifs is 1. The third kappa shape index (κ3) is 1.13. The predicted octanol–water partition coefficient (Wildman–Crippen LogP) is 4.21. The molecule has 56 valence electrons. The van der Waals surface area contributed by atoms with Crippen LogP contribution in [0.1, 0.15) is 0 Å². The van der Waals surface area contributed by atoms with Crippen molar-refractivity contribution < 1.29 is 0 Å². The van der Waals surface area contributed by atoms with Crippen molar-refractivity contribution in [1.29, 1.82) is 0 Å². The maximum atomic E-state index is 5.92. The lowest BCUT2D eigenvalue weighted by Gasteiger charge is -1.94. The molecule has 0 fully saturated rings. The number of benzene rings is 1. The minimum Gasteiger partial charge on any atom is -0.142 e. The largest absolute Gasteiger partial charge is 0.142 e. The normalized spacial score (nSPS) is 10.7. The van der Waals surface area contributed by atoms with Gasteiger partial charge in [0.15, 0.2) is 0 Å². The molecule has 0 atom stereocenters. The zero-order chi connectivity index (χ0) is 7.84. The number of thiophene rings is 1. The first-order chi connectivity index (χ1) is 5.29. The molecule has 0 amide bonds. The number of hydrogen-bond donors (Lipinski definition) is 0. The van der Waals surface area contributed by atoms with Crippen LogP contribution < -0.4 is 0 Å². The lowest BCUT2D eigenvalue weighted by Crippen LogP contribution is -1.66. The summed E-state index contributed by atoms with van der Waals surface area (Å²) >= 11 is 13.5. The molecule has 0 saturated heterocycles. The van der Waals surface area contributed by atoms with Crippen LogP contribution in [0, 0.1) is 0 Å². The molecular formula is C8H4Cl2S. The van der Waals surface area contributed by atoms with E-state index in [1.165, 1.54) is 0 Å². The number of rotatable bonds is 0. The topological polar surface area (TPSA) is 0 Å². The fourth-order valence-corrected chi connectivity index (χ4v) is 2.39. The van der Waals surface area contributed by atoms with E-state index in [9.17, 15) is 0 Å². The van der Waals surface area contributed by atoms with Gasteiger partial charge >= 0.3 is 0 Å². The van der Waals surface area contributed by atoms with Crippen molar-refractivity contribution in [3.63, 3.8) is 0 Å². The van der Waals surface area contributed by atoms with Gasteiger partial charge in [-0.2, -0.15) is 0 Å². The molecule has 0 aliphatic heterocycles. The average molecular weight is 203 g/mol. The molecule has 0 aliphatic rings. The molecule has 1 aromatic heterocycles. The summed E-state index contributed by atoms with van der Waals surface area (Å²) in [6.07, 6.45) is 0. The van der Waals surface area contributed by atoms with Gasteiger partial charge in [0.25, 0.3) is 0 Å². The Kier molecular flexibility index (Phi) is 1.80. The second-order valence-electron chi connectivity index (χ2n) is 2.19. The summed E-state index contributed by atoms with van der Waals surface area (Å²) in [4.78, 5) is 0. The molecule has 0 N–H and O–H groups in total. The van der Waals surface area contributed by atoms with Gasteiger partial charge in [0.2, 0.25) is 0 Å². The van der Waals surface area contributed by atoms with Crippen LogP contribution in [0.15, 0.2) is 23.6 Å². The first kappa shape index (κ1) is 7.41. The molecule has 0 aliphatic carbocycles. The van der Waals surface area contributed by atoms with Crippen molar-refractivity contribution >= 4 is 44.6 Å². The summed E-state index contributed by atoms with van der Waals surface area (Å²) in [5.74, 6) is 0. The predicted molar refractivity (Wildman–Crippen MR) is 51.8 cm³/mol. The lowest BCUT2D eigenvalue weighted by atomic mass is 10.3. The first-order valence-corrected chi connectivity index (χ1v) is 4.74. The smallest absolute Gasteiger partial charge is 0.0585 e.